The minimum absolute atomic E-state index is 0.132. The lowest BCUT2D eigenvalue weighted by Gasteiger charge is -2.10. The van der Waals surface area contributed by atoms with Crippen molar-refractivity contribution >= 4 is 28.8 Å². The van der Waals surface area contributed by atoms with Crippen LogP contribution in [0, 0.1) is 0 Å². The number of hydrogen-bond donors (Lipinski definition) is 1. The molecule has 0 spiro atoms. The van der Waals surface area contributed by atoms with Gasteiger partial charge in [-0.25, -0.2) is 9.78 Å². The molecule has 0 aliphatic heterocycles. The third kappa shape index (κ3) is 4.93. The van der Waals surface area contributed by atoms with Crippen molar-refractivity contribution in [3.05, 3.63) is 92.6 Å². The van der Waals surface area contributed by atoms with Gasteiger partial charge in [0.2, 0.25) is 5.91 Å². The summed E-state index contributed by atoms with van der Waals surface area (Å²) < 4.78 is 4.28. The van der Waals surface area contributed by atoms with Gasteiger partial charge in [0.05, 0.1) is 5.75 Å². The number of thioether (sulfide) groups is 1. The zero-order chi connectivity index (χ0) is 23.4. The fraction of sp³-hybridized carbons (Fsp3) is 0.250. The molecule has 2 aromatic carbocycles. The van der Waals surface area contributed by atoms with E-state index in [1.54, 1.807) is 7.05 Å². The van der Waals surface area contributed by atoms with Gasteiger partial charge in [0, 0.05) is 27.2 Å². The third-order valence-corrected chi connectivity index (χ3v) is 6.42. The normalized spacial score (nSPS) is 11.1. The number of carbonyl (C=O) groups is 1. The highest BCUT2D eigenvalue weighted by Gasteiger charge is 2.20. The Kier molecular flexibility index (Phi) is 6.79. The summed E-state index contributed by atoms with van der Waals surface area (Å²) in [6.07, 6.45) is 0.687. The van der Waals surface area contributed by atoms with E-state index in [9.17, 15) is 14.4 Å². The van der Waals surface area contributed by atoms with Crippen molar-refractivity contribution in [3.8, 4) is 0 Å². The predicted molar refractivity (Wildman–Crippen MR) is 129 cm³/mol. The number of rotatable bonds is 8. The van der Waals surface area contributed by atoms with Crippen LogP contribution in [-0.4, -0.2) is 30.3 Å². The summed E-state index contributed by atoms with van der Waals surface area (Å²) in [6, 6.07) is 19.6. The number of nitrogens with one attached hydrogen (secondary N) is 1. The van der Waals surface area contributed by atoms with Gasteiger partial charge in [0.15, 0.2) is 16.3 Å². The lowest BCUT2D eigenvalue weighted by atomic mass is 10.1. The standard InChI is InChI=1S/C24H25N5O3S/c1-27-21-20(22(31)28(2)24(27)32)29(14-13-17-9-5-3-6-10-17)23(26-21)33-16-19(30)25-15-18-11-7-4-8-12-18/h3-12H,13-16H2,1-2H3,(H,25,30). The summed E-state index contributed by atoms with van der Waals surface area (Å²) in [4.78, 5) is 42.4. The molecule has 0 unspecified atom stereocenters. The molecule has 0 bridgehead atoms. The van der Waals surface area contributed by atoms with Crippen LogP contribution >= 0.6 is 11.8 Å². The Labute approximate surface area is 194 Å². The molecule has 0 saturated heterocycles. The molecule has 9 heteroatoms. The smallest absolute Gasteiger partial charge is 0.332 e. The summed E-state index contributed by atoms with van der Waals surface area (Å²) >= 11 is 1.26. The van der Waals surface area contributed by atoms with Gasteiger partial charge in [-0.05, 0) is 17.5 Å². The first-order valence-electron chi connectivity index (χ1n) is 10.6. The SMILES string of the molecule is Cn1c(=O)c2c(nc(SCC(=O)NCc3ccccc3)n2CCc2ccccc2)n(C)c1=O. The predicted octanol–water partition coefficient (Wildman–Crippen LogP) is 2.08. The number of amides is 1. The lowest BCUT2D eigenvalue weighted by Crippen LogP contribution is -2.37. The van der Waals surface area contributed by atoms with Crippen LogP contribution in [0.4, 0.5) is 0 Å². The Morgan fingerprint density at radius 3 is 2.24 bits per heavy atom. The zero-order valence-electron chi connectivity index (χ0n) is 18.5. The van der Waals surface area contributed by atoms with Gasteiger partial charge in [-0.3, -0.25) is 18.7 Å². The van der Waals surface area contributed by atoms with E-state index in [1.807, 2.05) is 65.2 Å². The Hall–Kier alpha value is -3.59. The van der Waals surface area contributed by atoms with Crippen LogP contribution in [-0.2, 0) is 38.4 Å². The maximum Gasteiger partial charge on any atom is 0.332 e. The highest BCUT2D eigenvalue weighted by molar-refractivity contribution is 7.99. The number of hydrogen-bond acceptors (Lipinski definition) is 5. The number of imidazole rings is 1. The number of nitrogens with zero attached hydrogens (tertiary/aromatic N) is 4. The van der Waals surface area contributed by atoms with E-state index in [4.69, 9.17) is 0 Å². The van der Waals surface area contributed by atoms with E-state index in [0.717, 1.165) is 15.7 Å². The highest BCUT2D eigenvalue weighted by atomic mass is 32.2. The summed E-state index contributed by atoms with van der Waals surface area (Å²) in [5.41, 5.74) is 2.00. The largest absolute Gasteiger partial charge is 0.351 e. The van der Waals surface area contributed by atoms with Gasteiger partial charge in [-0.2, -0.15) is 0 Å². The van der Waals surface area contributed by atoms with E-state index in [-0.39, 0.29) is 11.7 Å². The number of fused-ring (bicyclic) bond motifs is 1. The minimum Gasteiger partial charge on any atom is -0.351 e. The summed E-state index contributed by atoms with van der Waals surface area (Å²) in [5, 5.41) is 3.44. The molecule has 0 fully saturated rings. The lowest BCUT2D eigenvalue weighted by molar-refractivity contribution is -0.118. The highest BCUT2D eigenvalue weighted by Crippen LogP contribution is 2.22. The van der Waals surface area contributed by atoms with E-state index in [2.05, 4.69) is 10.3 Å². The molecule has 4 rings (SSSR count). The molecule has 0 aliphatic rings. The van der Waals surface area contributed by atoms with Crippen LogP contribution in [0.15, 0.2) is 75.4 Å². The van der Waals surface area contributed by atoms with Crippen LogP contribution in [0.1, 0.15) is 11.1 Å². The number of aryl methyl sites for hydroxylation is 3. The van der Waals surface area contributed by atoms with Crippen LogP contribution in [0.5, 0.6) is 0 Å². The molecule has 2 heterocycles. The quantitative estimate of drug-likeness (QED) is 0.404. The average molecular weight is 464 g/mol. The molecular weight excluding hydrogens is 438 g/mol. The Bertz CT molecular complexity index is 1390. The maximum absolute atomic E-state index is 12.9. The summed E-state index contributed by atoms with van der Waals surface area (Å²) in [6.45, 7) is 0.946. The van der Waals surface area contributed by atoms with Gasteiger partial charge >= 0.3 is 5.69 Å². The average Bonchev–Trinajstić information content (AvgIpc) is 3.22. The molecule has 1 amide bonds. The van der Waals surface area contributed by atoms with Crippen molar-refractivity contribution in [1.29, 1.82) is 0 Å². The molecule has 4 aromatic rings. The van der Waals surface area contributed by atoms with Gasteiger partial charge in [0.1, 0.15) is 0 Å². The summed E-state index contributed by atoms with van der Waals surface area (Å²) in [7, 11) is 3.06. The monoisotopic (exact) mass is 463 g/mol. The molecule has 0 atom stereocenters. The first-order chi connectivity index (χ1) is 16.0. The Balaban J connectivity index is 1.59. The molecule has 0 saturated carbocycles. The molecular formula is C24H25N5O3S. The second kappa shape index (κ2) is 9.91. The van der Waals surface area contributed by atoms with E-state index in [0.29, 0.717) is 35.8 Å². The third-order valence-electron chi connectivity index (χ3n) is 5.44. The van der Waals surface area contributed by atoms with Crippen LogP contribution in [0.25, 0.3) is 11.2 Å². The van der Waals surface area contributed by atoms with Crippen molar-refractivity contribution in [2.45, 2.75) is 24.7 Å². The van der Waals surface area contributed by atoms with E-state index in [1.165, 1.54) is 23.4 Å². The Morgan fingerprint density at radius 1 is 0.939 bits per heavy atom. The van der Waals surface area contributed by atoms with Gasteiger partial charge in [0.25, 0.3) is 5.56 Å². The van der Waals surface area contributed by atoms with Crippen LogP contribution in [0.2, 0.25) is 0 Å². The van der Waals surface area contributed by atoms with Crippen molar-refractivity contribution in [1.82, 2.24) is 24.0 Å². The van der Waals surface area contributed by atoms with Crippen molar-refractivity contribution in [2.75, 3.05) is 5.75 Å². The second-order valence-corrected chi connectivity index (χ2v) is 8.65. The first-order valence-corrected chi connectivity index (χ1v) is 11.6. The zero-order valence-corrected chi connectivity index (χ0v) is 19.3. The fourth-order valence-corrected chi connectivity index (χ4v) is 4.46. The number of benzene rings is 2. The second-order valence-electron chi connectivity index (χ2n) is 7.71. The molecule has 0 radical (unpaired) electrons. The van der Waals surface area contributed by atoms with E-state index >= 15 is 0 Å². The molecule has 33 heavy (non-hydrogen) atoms. The number of aromatic nitrogens is 4. The molecule has 0 aliphatic carbocycles. The first kappa shape index (κ1) is 22.6. The van der Waals surface area contributed by atoms with Crippen LogP contribution < -0.4 is 16.6 Å². The fourth-order valence-electron chi connectivity index (χ4n) is 3.61. The molecule has 8 nitrogen and oxygen atoms in total. The van der Waals surface area contributed by atoms with Crippen LogP contribution in [0.3, 0.4) is 0 Å². The van der Waals surface area contributed by atoms with Gasteiger partial charge < -0.3 is 9.88 Å². The van der Waals surface area contributed by atoms with Crippen molar-refractivity contribution in [2.24, 2.45) is 14.1 Å². The van der Waals surface area contributed by atoms with Gasteiger partial charge in [-0.1, -0.05) is 72.4 Å². The van der Waals surface area contributed by atoms with E-state index < -0.39 is 11.2 Å². The number of carbonyl (C=O) groups excluding carboxylic acids is 1. The molecule has 170 valence electrons. The maximum atomic E-state index is 12.9. The van der Waals surface area contributed by atoms with Crippen molar-refractivity contribution < 1.29 is 4.79 Å². The summed E-state index contributed by atoms with van der Waals surface area (Å²) in [5.74, 6) is 0.0164. The molecule has 2 aromatic heterocycles. The minimum atomic E-state index is -0.433. The molecule has 1 N–H and O–H groups in total. The topological polar surface area (TPSA) is 90.9 Å². The van der Waals surface area contributed by atoms with Crippen molar-refractivity contribution in [3.63, 3.8) is 0 Å². The Morgan fingerprint density at radius 2 is 1.58 bits per heavy atom. The van der Waals surface area contributed by atoms with Gasteiger partial charge in [-0.15, -0.1) is 0 Å².